The molecule has 0 saturated carbocycles. The van der Waals surface area contributed by atoms with E-state index in [0.29, 0.717) is 21.5 Å². The molecule has 1 unspecified atom stereocenters. The first-order valence-electron chi connectivity index (χ1n) is 8.55. The molecule has 1 atom stereocenters. The van der Waals surface area contributed by atoms with Crippen LogP contribution >= 0.6 is 35.0 Å². The van der Waals surface area contributed by atoms with E-state index >= 15 is 0 Å². The van der Waals surface area contributed by atoms with Gasteiger partial charge in [-0.2, -0.15) is 0 Å². The summed E-state index contributed by atoms with van der Waals surface area (Å²) in [7, 11) is 0. The number of benzene rings is 1. The summed E-state index contributed by atoms with van der Waals surface area (Å²) in [4.78, 5) is 30.0. The summed E-state index contributed by atoms with van der Waals surface area (Å²) in [5.74, 6) is 0.490. The number of anilines is 1. The number of hydrogen-bond donors (Lipinski definition) is 1. The largest absolute Gasteiger partial charge is 0.325 e. The molecule has 136 valence electrons. The quantitative estimate of drug-likeness (QED) is 0.774. The van der Waals surface area contributed by atoms with Crippen LogP contribution in [0.4, 0.5) is 5.69 Å². The summed E-state index contributed by atoms with van der Waals surface area (Å²) < 4.78 is 1.71. The molecule has 0 fully saturated rings. The molecule has 5 nitrogen and oxygen atoms in total. The number of amides is 1. The maximum atomic E-state index is 12.9. The summed E-state index contributed by atoms with van der Waals surface area (Å²) >= 11 is 13.5. The standard InChI is InChI=1S/C18H17Cl2N3O2S/c19-10-5-6-15(13(20)7-10)21-16(24)8-11-9-26-18-22-14-4-2-1-3-12(14)17(25)23(11)18/h5-7,11H,1-4,8-9H2,(H,21,24). The van der Waals surface area contributed by atoms with Crippen LogP contribution in [-0.4, -0.2) is 21.2 Å². The van der Waals surface area contributed by atoms with Crippen molar-refractivity contribution in [3.8, 4) is 0 Å². The van der Waals surface area contributed by atoms with E-state index in [2.05, 4.69) is 10.3 Å². The topological polar surface area (TPSA) is 64.0 Å². The van der Waals surface area contributed by atoms with Gasteiger partial charge in [-0.05, 0) is 43.9 Å². The van der Waals surface area contributed by atoms with Crippen molar-refractivity contribution in [1.29, 1.82) is 0 Å². The third kappa shape index (κ3) is 3.38. The van der Waals surface area contributed by atoms with E-state index in [1.54, 1.807) is 34.5 Å². The van der Waals surface area contributed by atoms with Crippen molar-refractivity contribution in [2.24, 2.45) is 0 Å². The smallest absolute Gasteiger partial charge is 0.257 e. The molecule has 0 radical (unpaired) electrons. The monoisotopic (exact) mass is 409 g/mol. The molecule has 8 heteroatoms. The second-order valence-corrected chi connectivity index (χ2v) is 8.37. The first kappa shape index (κ1) is 17.9. The van der Waals surface area contributed by atoms with E-state index in [1.165, 1.54) is 0 Å². The van der Waals surface area contributed by atoms with Gasteiger partial charge in [-0.15, -0.1) is 0 Å². The highest BCUT2D eigenvalue weighted by Gasteiger charge is 2.30. The molecule has 0 spiro atoms. The summed E-state index contributed by atoms with van der Waals surface area (Å²) in [5.41, 5.74) is 2.31. The Hall–Kier alpha value is -1.50. The number of nitrogens with zero attached hydrogens (tertiary/aromatic N) is 2. The van der Waals surface area contributed by atoms with Crippen LogP contribution in [0.5, 0.6) is 0 Å². The number of aromatic nitrogens is 2. The van der Waals surface area contributed by atoms with Gasteiger partial charge in [-0.3, -0.25) is 14.2 Å². The Kier molecular flexibility index (Phi) is 4.99. The number of hydrogen-bond acceptors (Lipinski definition) is 4. The minimum atomic E-state index is -0.187. The Balaban J connectivity index is 1.54. The second-order valence-electron chi connectivity index (χ2n) is 6.54. The van der Waals surface area contributed by atoms with E-state index < -0.39 is 0 Å². The molecule has 2 aromatic rings. The van der Waals surface area contributed by atoms with Gasteiger partial charge in [0.05, 0.1) is 22.4 Å². The first-order chi connectivity index (χ1) is 12.5. The molecule has 2 heterocycles. The number of halogens is 2. The van der Waals surface area contributed by atoms with Gasteiger partial charge in [0.25, 0.3) is 5.56 Å². The zero-order valence-electron chi connectivity index (χ0n) is 13.9. The fourth-order valence-electron chi connectivity index (χ4n) is 3.47. The fraction of sp³-hybridized carbons (Fsp3) is 0.389. The molecule has 1 aliphatic heterocycles. The van der Waals surface area contributed by atoms with Crippen LogP contribution in [0.1, 0.15) is 36.6 Å². The third-order valence-electron chi connectivity index (χ3n) is 4.75. The Bertz CT molecular complexity index is 945. The SMILES string of the molecule is O=C(CC1CSc2nc3c(c(=O)n21)CCCC3)Nc1ccc(Cl)cc1Cl. The van der Waals surface area contributed by atoms with Crippen molar-refractivity contribution >= 4 is 46.6 Å². The van der Waals surface area contributed by atoms with Gasteiger partial charge in [0.15, 0.2) is 5.16 Å². The molecule has 1 N–H and O–H groups in total. The van der Waals surface area contributed by atoms with Crippen molar-refractivity contribution < 1.29 is 4.79 Å². The molecule has 26 heavy (non-hydrogen) atoms. The lowest BCUT2D eigenvalue weighted by atomic mass is 9.97. The molecule has 4 rings (SSSR count). The lowest BCUT2D eigenvalue weighted by Crippen LogP contribution is -2.32. The van der Waals surface area contributed by atoms with E-state index in [0.717, 1.165) is 42.1 Å². The lowest BCUT2D eigenvalue weighted by molar-refractivity contribution is -0.116. The van der Waals surface area contributed by atoms with Gasteiger partial charge < -0.3 is 5.32 Å². The zero-order chi connectivity index (χ0) is 18.3. The second kappa shape index (κ2) is 7.25. The van der Waals surface area contributed by atoms with E-state index in [1.807, 2.05) is 0 Å². The molecule has 2 aliphatic rings. The van der Waals surface area contributed by atoms with E-state index in [9.17, 15) is 9.59 Å². The summed E-state index contributed by atoms with van der Waals surface area (Å²) in [6.07, 6.45) is 3.97. The summed E-state index contributed by atoms with van der Waals surface area (Å²) in [5, 5.41) is 4.44. The van der Waals surface area contributed by atoms with Gasteiger partial charge in [0.2, 0.25) is 5.91 Å². The van der Waals surface area contributed by atoms with Crippen molar-refractivity contribution in [2.45, 2.75) is 43.3 Å². The molecule has 1 aromatic carbocycles. The maximum absolute atomic E-state index is 12.9. The molecule has 0 saturated heterocycles. The van der Waals surface area contributed by atoms with Crippen LogP contribution in [0.3, 0.4) is 0 Å². The van der Waals surface area contributed by atoms with Gasteiger partial charge in [-0.1, -0.05) is 35.0 Å². The average molecular weight is 410 g/mol. The van der Waals surface area contributed by atoms with Crippen LogP contribution in [0, 0.1) is 0 Å². The van der Waals surface area contributed by atoms with Gasteiger partial charge in [-0.25, -0.2) is 4.98 Å². The predicted molar refractivity (Wildman–Crippen MR) is 105 cm³/mol. The number of thioether (sulfide) groups is 1. The molecule has 1 amide bonds. The van der Waals surface area contributed by atoms with Gasteiger partial charge in [0, 0.05) is 22.8 Å². The number of fused-ring (bicyclic) bond motifs is 2. The van der Waals surface area contributed by atoms with Crippen molar-refractivity contribution in [2.75, 3.05) is 11.1 Å². The normalized spacial score (nSPS) is 18.3. The van der Waals surface area contributed by atoms with E-state index in [4.69, 9.17) is 23.2 Å². The molecule has 1 aliphatic carbocycles. The van der Waals surface area contributed by atoms with Gasteiger partial charge >= 0.3 is 0 Å². The van der Waals surface area contributed by atoms with Crippen LogP contribution in [0.25, 0.3) is 0 Å². The number of aryl methyl sites for hydroxylation is 1. The average Bonchev–Trinajstić information content (AvgIpc) is 3.00. The zero-order valence-corrected chi connectivity index (χ0v) is 16.3. The Morgan fingerprint density at radius 3 is 2.92 bits per heavy atom. The molecular weight excluding hydrogens is 393 g/mol. The number of rotatable bonds is 3. The molecule has 0 bridgehead atoms. The molecule has 1 aromatic heterocycles. The Morgan fingerprint density at radius 2 is 2.12 bits per heavy atom. The van der Waals surface area contributed by atoms with Crippen molar-refractivity contribution in [3.63, 3.8) is 0 Å². The Morgan fingerprint density at radius 1 is 1.31 bits per heavy atom. The minimum absolute atomic E-state index is 0.0250. The highest BCUT2D eigenvalue weighted by molar-refractivity contribution is 7.99. The minimum Gasteiger partial charge on any atom is -0.325 e. The lowest BCUT2D eigenvalue weighted by Gasteiger charge is -2.19. The maximum Gasteiger partial charge on any atom is 0.257 e. The third-order valence-corrected chi connectivity index (χ3v) is 6.39. The summed E-state index contributed by atoms with van der Waals surface area (Å²) in [6.45, 7) is 0. The number of nitrogens with one attached hydrogen (secondary N) is 1. The highest BCUT2D eigenvalue weighted by atomic mass is 35.5. The molecular formula is C18H17Cl2N3O2S. The first-order valence-corrected chi connectivity index (χ1v) is 10.3. The van der Waals surface area contributed by atoms with Crippen LogP contribution < -0.4 is 10.9 Å². The van der Waals surface area contributed by atoms with Crippen LogP contribution in [-0.2, 0) is 17.6 Å². The highest BCUT2D eigenvalue weighted by Crippen LogP contribution is 2.34. The van der Waals surface area contributed by atoms with E-state index in [-0.39, 0.29) is 23.9 Å². The number of carbonyl (C=O) groups excluding carboxylic acids is 1. The predicted octanol–water partition coefficient (Wildman–Crippen LogP) is 4.10. The van der Waals surface area contributed by atoms with Crippen molar-refractivity contribution in [1.82, 2.24) is 9.55 Å². The van der Waals surface area contributed by atoms with Crippen LogP contribution in [0.2, 0.25) is 10.0 Å². The van der Waals surface area contributed by atoms with Gasteiger partial charge in [0.1, 0.15) is 0 Å². The van der Waals surface area contributed by atoms with Crippen LogP contribution in [0.15, 0.2) is 28.2 Å². The van der Waals surface area contributed by atoms with Crippen molar-refractivity contribution in [3.05, 3.63) is 49.9 Å². The fourth-order valence-corrected chi connectivity index (χ4v) is 5.08. The number of carbonyl (C=O) groups is 1. The Labute approximate surface area is 165 Å². The summed E-state index contributed by atoms with van der Waals surface area (Å²) in [6, 6.07) is 4.74.